The molecule has 0 saturated heterocycles. The SMILES string of the molecule is CNC(=O)C(C)Nc1nc(C)cc(C#N)n1. The van der Waals surface area contributed by atoms with Crippen molar-refractivity contribution in [2.24, 2.45) is 0 Å². The molecule has 0 fully saturated rings. The van der Waals surface area contributed by atoms with Crippen molar-refractivity contribution in [3.8, 4) is 6.07 Å². The average Bonchev–Trinajstić information content (AvgIpc) is 2.26. The van der Waals surface area contributed by atoms with Gasteiger partial charge in [0.05, 0.1) is 0 Å². The van der Waals surface area contributed by atoms with Gasteiger partial charge in [0.2, 0.25) is 11.9 Å². The maximum atomic E-state index is 11.3. The zero-order valence-corrected chi connectivity index (χ0v) is 9.40. The first-order valence-electron chi connectivity index (χ1n) is 4.80. The molecule has 1 amide bonds. The molecular weight excluding hydrogens is 206 g/mol. The Morgan fingerprint density at radius 3 is 2.81 bits per heavy atom. The van der Waals surface area contributed by atoms with E-state index in [1.54, 1.807) is 27.0 Å². The van der Waals surface area contributed by atoms with Crippen molar-refractivity contribution < 1.29 is 4.79 Å². The van der Waals surface area contributed by atoms with Gasteiger partial charge in [0.25, 0.3) is 0 Å². The number of aryl methyl sites for hydroxylation is 1. The Morgan fingerprint density at radius 1 is 1.56 bits per heavy atom. The molecule has 0 aliphatic carbocycles. The molecule has 0 saturated carbocycles. The zero-order chi connectivity index (χ0) is 12.1. The van der Waals surface area contributed by atoms with Crippen LogP contribution in [-0.2, 0) is 4.79 Å². The topological polar surface area (TPSA) is 90.7 Å². The fourth-order valence-corrected chi connectivity index (χ4v) is 1.17. The second-order valence-corrected chi connectivity index (χ2v) is 3.31. The first kappa shape index (κ1) is 11.9. The summed E-state index contributed by atoms with van der Waals surface area (Å²) in [6.45, 7) is 3.45. The average molecular weight is 219 g/mol. The monoisotopic (exact) mass is 219 g/mol. The Bertz CT molecular complexity index is 437. The first-order chi connectivity index (χ1) is 7.56. The predicted molar refractivity (Wildman–Crippen MR) is 58.6 cm³/mol. The summed E-state index contributed by atoms with van der Waals surface area (Å²) in [5.74, 6) is 0.122. The number of amides is 1. The normalized spacial score (nSPS) is 11.4. The summed E-state index contributed by atoms with van der Waals surface area (Å²) in [5.41, 5.74) is 0.956. The Kier molecular flexibility index (Phi) is 3.78. The highest BCUT2D eigenvalue weighted by molar-refractivity contribution is 5.83. The molecule has 0 aliphatic rings. The van der Waals surface area contributed by atoms with Crippen LogP contribution in [0.4, 0.5) is 5.95 Å². The molecule has 2 N–H and O–H groups in total. The fourth-order valence-electron chi connectivity index (χ4n) is 1.17. The van der Waals surface area contributed by atoms with Crippen molar-refractivity contribution in [2.75, 3.05) is 12.4 Å². The van der Waals surface area contributed by atoms with Crippen LogP contribution in [0.3, 0.4) is 0 Å². The third-order valence-electron chi connectivity index (χ3n) is 1.95. The molecule has 1 unspecified atom stereocenters. The van der Waals surface area contributed by atoms with Gasteiger partial charge < -0.3 is 10.6 Å². The molecule has 84 valence electrons. The first-order valence-corrected chi connectivity index (χ1v) is 4.80. The molecular formula is C10H13N5O. The lowest BCUT2D eigenvalue weighted by Crippen LogP contribution is -2.35. The van der Waals surface area contributed by atoms with Crippen molar-refractivity contribution in [1.82, 2.24) is 15.3 Å². The van der Waals surface area contributed by atoms with Crippen LogP contribution < -0.4 is 10.6 Å². The quantitative estimate of drug-likeness (QED) is 0.758. The summed E-state index contributed by atoms with van der Waals surface area (Å²) < 4.78 is 0. The maximum Gasteiger partial charge on any atom is 0.242 e. The van der Waals surface area contributed by atoms with Gasteiger partial charge in [0.15, 0.2) is 0 Å². The smallest absolute Gasteiger partial charge is 0.242 e. The number of carbonyl (C=O) groups excluding carboxylic acids is 1. The van der Waals surface area contributed by atoms with E-state index in [2.05, 4.69) is 20.6 Å². The van der Waals surface area contributed by atoms with Crippen molar-refractivity contribution in [1.29, 1.82) is 5.26 Å². The van der Waals surface area contributed by atoms with E-state index < -0.39 is 6.04 Å². The molecule has 0 radical (unpaired) electrons. The number of nitrogens with one attached hydrogen (secondary N) is 2. The number of carbonyl (C=O) groups is 1. The maximum absolute atomic E-state index is 11.3. The number of nitriles is 1. The highest BCUT2D eigenvalue weighted by Crippen LogP contribution is 2.05. The van der Waals surface area contributed by atoms with E-state index in [0.29, 0.717) is 5.69 Å². The zero-order valence-electron chi connectivity index (χ0n) is 9.40. The number of hydrogen-bond acceptors (Lipinski definition) is 5. The number of hydrogen-bond donors (Lipinski definition) is 2. The van der Waals surface area contributed by atoms with Gasteiger partial charge >= 0.3 is 0 Å². The van der Waals surface area contributed by atoms with Crippen molar-refractivity contribution in [3.63, 3.8) is 0 Å². The molecule has 0 spiro atoms. The van der Waals surface area contributed by atoms with Gasteiger partial charge in [-0.15, -0.1) is 0 Å². The van der Waals surface area contributed by atoms with E-state index >= 15 is 0 Å². The van der Waals surface area contributed by atoms with E-state index in [0.717, 1.165) is 0 Å². The fraction of sp³-hybridized carbons (Fsp3) is 0.400. The Hall–Kier alpha value is -2.16. The van der Waals surface area contributed by atoms with Crippen LogP contribution in [0.5, 0.6) is 0 Å². The van der Waals surface area contributed by atoms with Crippen LogP contribution in [0.25, 0.3) is 0 Å². The van der Waals surface area contributed by atoms with E-state index in [1.807, 2.05) is 6.07 Å². The second kappa shape index (κ2) is 5.07. The molecule has 16 heavy (non-hydrogen) atoms. The van der Waals surface area contributed by atoms with Gasteiger partial charge in [-0.1, -0.05) is 0 Å². The molecule has 1 heterocycles. The van der Waals surface area contributed by atoms with E-state index in [1.165, 1.54) is 0 Å². The highest BCUT2D eigenvalue weighted by Gasteiger charge is 2.12. The van der Waals surface area contributed by atoms with Crippen LogP contribution in [0.1, 0.15) is 18.3 Å². The Morgan fingerprint density at radius 2 is 2.25 bits per heavy atom. The number of anilines is 1. The van der Waals surface area contributed by atoms with Gasteiger partial charge in [0.1, 0.15) is 17.8 Å². The number of likely N-dealkylation sites (N-methyl/N-ethyl adjacent to an activating group) is 1. The lowest BCUT2D eigenvalue weighted by atomic mass is 10.3. The summed E-state index contributed by atoms with van der Waals surface area (Å²) in [6.07, 6.45) is 0. The lowest BCUT2D eigenvalue weighted by molar-refractivity contribution is -0.121. The van der Waals surface area contributed by atoms with Gasteiger partial charge in [-0.05, 0) is 19.9 Å². The van der Waals surface area contributed by atoms with E-state index in [9.17, 15) is 4.79 Å². The van der Waals surface area contributed by atoms with E-state index in [-0.39, 0.29) is 17.5 Å². The van der Waals surface area contributed by atoms with Gasteiger partial charge in [0, 0.05) is 12.7 Å². The van der Waals surface area contributed by atoms with Crippen LogP contribution >= 0.6 is 0 Å². The lowest BCUT2D eigenvalue weighted by Gasteiger charge is -2.12. The van der Waals surface area contributed by atoms with E-state index in [4.69, 9.17) is 5.26 Å². The Balaban J connectivity index is 2.86. The molecule has 0 bridgehead atoms. The molecule has 1 aromatic heterocycles. The van der Waals surface area contributed by atoms with Crippen LogP contribution in [0, 0.1) is 18.3 Å². The minimum absolute atomic E-state index is 0.163. The van der Waals surface area contributed by atoms with Crippen molar-refractivity contribution in [3.05, 3.63) is 17.5 Å². The van der Waals surface area contributed by atoms with Crippen molar-refractivity contribution >= 4 is 11.9 Å². The summed E-state index contributed by atoms with van der Waals surface area (Å²) in [5, 5.41) is 14.1. The summed E-state index contributed by atoms with van der Waals surface area (Å²) in [4.78, 5) is 19.3. The number of rotatable bonds is 3. The van der Waals surface area contributed by atoms with Crippen LogP contribution in [0.2, 0.25) is 0 Å². The largest absolute Gasteiger partial charge is 0.357 e. The standard InChI is InChI=1S/C10H13N5O/c1-6-4-8(5-11)15-10(13-6)14-7(2)9(16)12-3/h4,7H,1-3H3,(H,12,16)(H,13,14,15). The molecule has 1 rings (SSSR count). The summed E-state index contributed by atoms with van der Waals surface area (Å²) in [6, 6.07) is 3.07. The van der Waals surface area contributed by atoms with Gasteiger partial charge in [-0.2, -0.15) is 5.26 Å². The van der Waals surface area contributed by atoms with Gasteiger partial charge in [-0.25, -0.2) is 9.97 Å². The molecule has 0 aromatic carbocycles. The third kappa shape index (κ3) is 2.92. The third-order valence-corrected chi connectivity index (χ3v) is 1.95. The van der Waals surface area contributed by atoms with Crippen LogP contribution in [0.15, 0.2) is 6.07 Å². The van der Waals surface area contributed by atoms with Crippen molar-refractivity contribution in [2.45, 2.75) is 19.9 Å². The molecule has 1 aromatic rings. The number of aromatic nitrogens is 2. The second-order valence-electron chi connectivity index (χ2n) is 3.31. The molecule has 1 atom stereocenters. The minimum Gasteiger partial charge on any atom is -0.357 e. The summed E-state index contributed by atoms with van der Waals surface area (Å²) in [7, 11) is 1.55. The number of nitrogens with zero attached hydrogens (tertiary/aromatic N) is 3. The predicted octanol–water partition coefficient (Wildman–Crippen LogP) is 0.203. The molecule has 6 heteroatoms. The van der Waals surface area contributed by atoms with Crippen LogP contribution in [-0.4, -0.2) is 29.0 Å². The summed E-state index contributed by atoms with van der Waals surface area (Å²) >= 11 is 0. The molecule has 0 aliphatic heterocycles. The minimum atomic E-state index is -0.446. The highest BCUT2D eigenvalue weighted by atomic mass is 16.2. The Labute approximate surface area is 93.7 Å². The molecule has 6 nitrogen and oxygen atoms in total. The van der Waals surface area contributed by atoms with Gasteiger partial charge in [-0.3, -0.25) is 4.79 Å².